The summed E-state index contributed by atoms with van der Waals surface area (Å²) >= 11 is 0. The van der Waals surface area contributed by atoms with E-state index in [1.54, 1.807) is 30.6 Å². The third-order valence-corrected chi connectivity index (χ3v) is 2.36. The third-order valence-electron chi connectivity index (χ3n) is 2.36. The average Bonchev–Trinajstić information content (AvgIpc) is 2.74. The fourth-order valence-corrected chi connectivity index (χ4v) is 1.64. The van der Waals surface area contributed by atoms with Crippen LogP contribution in [-0.4, -0.2) is 15.6 Å². The van der Waals surface area contributed by atoms with Crippen molar-refractivity contribution in [2.75, 3.05) is 0 Å². The van der Waals surface area contributed by atoms with Gasteiger partial charge in [-0.2, -0.15) is 0 Å². The summed E-state index contributed by atoms with van der Waals surface area (Å²) in [6, 6.07) is 8.29. The Morgan fingerprint density at radius 3 is 2.38 bits per heavy atom. The van der Waals surface area contributed by atoms with E-state index in [-0.39, 0.29) is 5.56 Å². The molecule has 3 nitrogen and oxygen atoms in total. The second-order valence-electron chi connectivity index (χ2n) is 3.39. The summed E-state index contributed by atoms with van der Waals surface area (Å²) in [4.78, 5) is 11.2. The lowest BCUT2D eigenvalue weighted by Gasteiger charge is -2.15. The first-order valence-electron chi connectivity index (χ1n) is 4.80. The molecule has 0 bridgehead atoms. The fraction of sp³-hybridized carbons (Fsp3) is 0.0833. The van der Waals surface area contributed by atoms with Crippen molar-refractivity contribution in [2.24, 2.45) is 0 Å². The summed E-state index contributed by atoms with van der Waals surface area (Å²) in [6.45, 7) is 0. The molecule has 0 radical (unpaired) electrons. The molecule has 1 N–H and O–H groups in total. The summed E-state index contributed by atoms with van der Waals surface area (Å²) in [5.74, 6) is -1.59. The van der Waals surface area contributed by atoms with Gasteiger partial charge in [0.05, 0.1) is 0 Å². The van der Waals surface area contributed by atoms with E-state index in [2.05, 4.69) is 0 Å². The zero-order valence-corrected chi connectivity index (χ0v) is 8.38. The van der Waals surface area contributed by atoms with E-state index in [9.17, 15) is 9.18 Å². The summed E-state index contributed by atoms with van der Waals surface area (Å²) in [7, 11) is 0. The van der Waals surface area contributed by atoms with Crippen LogP contribution in [0.1, 0.15) is 11.6 Å². The molecule has 2 rings (SSSR count). The van der Waals surface area contributed by atoms with E-state index in [0.717, 1.165) is 0 Å². The molecule has 1 heterocycles. The Morgan fingerprint density at radius 1 is 1.19 bits per heavy atom. The van der Waals surface area contributed by atoms with Crippen LogP contribution in [0.3, 0.4) is 0 Å². The number of benzene rings is 1. The van der Waals surface area contributed by atoms with Gasteiger partial charge in [0.15, 0.2) is 6.04 Å². The molecule has 0 spiro atoms. The molecule has 1 aromatic carbocycles. The van der Waals surface area contributed by atoms with Gasteiger partial charge in [0.25, 0.3) is 0 Å². The van der Waals surface area contributed by atoms with E-state index < -0.39 is 17.8 Å². The number of carbonyl (C=O) groups is 1. The predicted molar refractivity (Wildman–Crippen MR) is 56.6 cm³/mol. The summed E-state index contributed by atoms with van der Waals surface area (Å²) in [5, 5.41) is 9.14. The van der Waals surface area contributed by atoms with Crippen LogP contribution in [0, 0.1) is 5.82 Å². The van der Waals surface area contributed by atoms with Crippen LogP contribution in [0.2, 0.25) is 0 Å². The van der Waals surface area contributed by atoms with Crippen LogP contribution in [0.4, 0.5) is 4.39 Å². The molecular weight excluding hydrogens is 209 g/mol. The van der Waals surface area contributed by atoms with Gasteiger partial charge in [-0.25, -0.2) is 9.18 Å². The normalized spacial score (nSPS) is 12.3. The van der Waals surface area contributed by atoms with E-state index >= 15 is 0 Å². The molecule has 0 aliphatic carbocycles. The highest BCUT2D eigenvalue weighted by Gasteiger charge is 2.23. The van der Waals surface area contributed by atoms with Gasteiger partial charge in [0, 0.05) is 18.0 Å². The van der Waals surface area contributed by atoms with Crippen molar-refractivity contribution in [1.82, 2.24) is 4.57 Å². The van der Waals surface area contributed by atoms with Gasteiger partial charge in [-0.05, 0) is 18.2 Å². The van der Waals surface area contributed by atoms with Crippen molar-refractivity contribution in [1.29, 1.82) is 0 Å². The van der Waals surface area contributed by atoms with E-state index in [1.807, 2.05) is 0 Å². The zero-order chi connectivity index (χ0) is 11.5. The Bertz CT molecular complexity index is 493. The summed E-state index contributed by atoms with van der Waals surface area (Å²) in [6.07, 6.45) is 3.20. The molecule has 0 amide bonds. The minimum Gasteiger partial charge on any atom is -0.479 e. The van der Waals surface area contributed by atoms with Crippen molar-refractivity contribution in [3.63, 3.8) is 0 Å². The predicted octanol–water partition coefficient (Wildman–Crippen LogP) is 2.30. The van der Waals surface area contributed by atoms with Crippen LogP contribution in [-0.2, 0) is 4.79 Å². The number of nitrogens with zero attached hydrogens (tertiary/aromatic N) is 1. The topological polar surface area (TPSA) is 42.2 Å². The van der Waals surface area contributed by atoms with Crippen molar-refractivity contribution in [3.8, 4) is 0 Å². The molecule has 0 unspecified atom stereocenters. The lowest BCUT2D eigenvalue weighted by molar-refractivity contribution is -0.139. The molecule has 4 heteroatoms. The van der Waals surface area contributed by atoms with Crippen molar-refractivity contribution in [3.05, 3.63) is 60.2 Å². The van der Waals surface area contributed by atoms with Crippen LogP contribution in [0.15, 0.2) is 48.8 Å². The van der Waals surface area contributed by atoms with Gasteiger partial charge in [-0.3, -0.25) is 0 Å². The molecule has 0 saturated carbocycles. The Labute approximate surface area is 91.8 Å². The van der Waals surface area contributed by atoms with Crippen LogP contribution < -0.4 is 0 Å². The summed E-state index contributed by atoms with van der Waals surface area (Å²) < 4.78 is 15.0. The summed E-state index contributed by atoms with van der Waals surface area (Å²) in [5.41, 5.74) is 0.159. The highest BCUT2D eigenvalue weighted by molar-refractivity contribution is 5.76. The van der Waals surface area contributed by atoms with E-state index in [0.29, 0.717) is 0 Å². The number of halogens is 1. The molecule has 1 aromatic heterocycles. The molecule has 0 fully saturated rings. The third kappa shape index (κ3) is 1.82. The molecule has 1 atom stereocenters. The number of carboxylic acid groups (broad SMARTS) is 1. The van der Waals surface area contributed by atoms with E-state index in [1.165, 1.54) is 22.8 Å². The SMILES string of the molecule is O=C(O)[C@H](c1ccccc1F)n1cccc1. The molecule has 0 saturated heterocycles. The molecule has 0 aliphatic heterocycles. The molecule has 2 aromatic rings. The Hall–Kier alpha value is -2.10. The second-order valence-corrected chi connectivity index (χ2v) is 3.39. The Morgan fingerprint density at radius 2 is 1.81 bits per heavy atom. The lowest BCUT2D eigenvalue weighted by Crippen LogP contribution is -2.20. The maximum atomic E-state index is 13.5. The van der Waals surface area contributed by atoms with Gasteiger partial charge in [0.1, 0.15) is 5.82 Å². The highest BCUT2D eigenvalue weighted by atomic mass is 19.1. The van der Waals surface area contributed by atoms with Gasteiger partial charge >= 0.3 is 5.97 Å². The number of hydrogen-bond donors (Lipinski definition) is 1. The number of aliphatic carboxylic acids is 1. The largest absolute Gasteiger partial charge is 0.479 e. The first-order valence-corrected chi connectivity index (χ1v) is 4.80. The van der Waals surface area contributed by atoms with Gasteiger partial charge in [-0.15, -0.1) is 0 Å². The number of rotatable bonds is 3. The monoisotopic (exact) mass is 219 g/mol. The molecule has 16 heavy (non-hydrogen) atoms. The molecule has 82 valence electrons. The van der Waals surface area contributed by atoms with Crippen LogP contribution in [0.25, 0.3) is 0 Å². The van der Waals surface area contributed by atoms with Crippen molar-refractivity contribution >= 4 is 5.97 Å². The van der Waals surface area contributed by atoms with Gasteiger partial charge < -0.3 is 9.67 Å². The van der Waals surface area contributed by atoms with Crippen molar-refractivity contribution in [2.45, 2.75) is 6.04 Å². The van der Waals surface area contributed by atoms with Crippen LogP contribution >= 0.6 is 0 Å². The lowest BCUT2D eigenvalue weighted by atomic mass is 10.1. The first-order chi connectivity index (χ1) is 7.70. The van der Waals surface area contributed by atoms with Gasteiger partial charge in [0.2, 0.25) is 0 Å². The maximum Gasteiger partial charge on any atom is 0.331 e. The Kier molecular flexibility index (Phi) is 2.72. The smallest absolute Gasteiger partial charge is 0.331 e. The van der Waals surface area contributed by atoms with Crippen molar-refractivity contribution < 1.29 is 14.3 Å². The number of hydrogen-bond acceptors (Lipinski definition) is 1. The molecular formula is C12H10FNO2. The number of carboxylic acids is 1. The Balaban J connectivity index is 2.50. The van der Waals surface area contributed by atoms with Gasteiger partial charge in [-0.1, -0.05) is 18.2 Å². The fourth-order valence-electron chi connectivity index (χ4n) is 1.64. The zero-order valence-electron chi connectivity index (χ0n) is 8.38. The molecule has 0 aliphatic rings. The minimum absolute atomic E-state index is 0.159. The second kappa shape index (κ2) is 4.18. The van der Waals surface area contributed by atoms with Crippen LogP contribution in [0.5, 0.6) is 0 Å². The first kappa shape index (κ1) is 10.4. The minimum atomic E-state index is -1.08. The quantitative estimate of drug-likeness (QED) is 0.860. The number of aromatic nitrogens is 1. The van der Waals surface area contributed by atoms with E-state index in [4.69, 9.17) is 5.11 Å². The standard InChI is InChI=1S/C12H10FNO2/c13-10-6-2-1-5-9(10)11(12(15)16)14-7-3-4-8-14/h1-8,11H,(H,15,16)/t11-/m0/s1. The average molecular weight is 219 g/mol. The maximum absolute atomic E-state index is 13.5. The highest BCUT2D eigenvalue weighted by Crippen LogP contribution is 2.21.